The second-order valence-corrected chi connectivity index (χ2v) is 7.61. The van der Waals surface area contributed by atoms with E-state index in [-0.39, 0.29) is 23.9 Å². The van der Waals surface area contributed by atoms with E-state index in [1.807, 2.05) is 0 Å². The third-order valence-corrected chi connectivity index (χ3v) is 4.03. The Labute approximate surface area is 169 Å². The number of ether oxygens (including phenoxy) is 3. The largest absolute Gasteiger partial charge is 0.474 e. The maximum atomic E-state index is 12.5. The van der Waals surface area contributed by atoms with Gasteiger partial charge in [0.25, 0.3) is 5.91 Å². The number of nitro benzene ring substituents is 1. The lowest BCUT2D eigenvalue weighted by atomic mass is 10.2. The SMILES string of the molecule is C[C@@H](Oc1cc(CNC(=O)OC(C)(C)C)ccc1[N+](=O)[O-])C(=O)N1CCOCC1. The maximum absolute atomic E-state index is 12.5. The molecule has 160 valence electrons. The molecule has 1 aliphatic rings. The highest BCUT2D eigenvalue weighted by Gasteiger charge is 2.26. The Kier molecular flexibility index (Phi) is 7.38. The van der Waals surface area contributed by atoms with E-state index in [1.165, 1.54) is 18.2 Å². The molecule has 1 N–H and O–H groups in total. The van der Waals surface area contributed by atoms with E-state index in [4.69, 9.17) is 14.2 Å². The Morgan fingerprint density at radius 1 is 1.31 bits per heavy atom. The molecule has 1 aromatic rings. The van der Waals surface area contributed by atoms with Crippen molar-refractivity contribution in [2.45, 2.75) is 45.9 Å². The number of nitrogens with one attached hydrogen (secondary N) is 1. The van der Waals surface area contributed by atoms with E-state index in [9.17, 15) is 19.7 Å². The highest BCUT2D eigenvalue weighted by Crippen LogP contribution is 2.29. The molecule has 0 unspecified atom stereocenters. The Hall–Kier alpha value is -2.88. The summed E-state index contributed by atoms with van der Waals surface area (Å²) in [6.07, 6.45) is -1.50. The molecule has 1 aromatic carbocycles. The summed E-state index contributed by atoms with van der Waals surface area (Å²) < 4.78 is 16.0. The number of rotatable bonds is 6. The molecule has 2 rings (SSSR count). The zero-order chi connectivity index (χ0) is 21.6. The molecule has 0 aromatic heterocycles. The minimum Gasteiger partial charge on any atom is -0.474 e. The van der Waals surface area contributed by atoms with Gasteiger partial charge < -0.3 is 24.4 Å². The number of morpholine rings is 1. The van der Waals surface area contributed by atoms with Crippen LogP contribution in [0.2, 0.25) is 0 Å². The second-order valence-electron chi connectivity index (χ2n) is 7.61. The number of hydrogen-bond acceptors (Lipinski definition) is 7. The van der Waals surface area contributed by atoms with E-state index >= 15 is 0 Å². The first kappa shape index (κ1) is 22.4. The van der Waals surface area contributed by atoms with Crippen molar-refractivity contribution in [3.63, 3.8) is 0 Å². The van der Waals surface area contributed by atoms with Crippen molar-refractivity contribution in [3.8, 4) is 5.75 Å². The number of nitro groups is 1. The molecule has 2 amide bonds. The fourth-order valence-electron chi connectivity index (χ4n) is 2.68. The highest BCUT2D eigenvalue weighted by atomic mass is 16.6. The minimum absolute atomic E-state index is 0.0346. The summed E-state index contributed by atoms with van der Waals surface area (Å²) in [5.41, 5.74) is -0.321. The monoisotopic (exact) mass is 409 g/mol. The van der Waals surface area contributed by atoms with Gasteiger partial charge in [0.15, 0.2) is 11.9 Å². The first-order valence-electron chi connectivity index (χ1n) is 9.34. The van der Waals surface area contributed by atoms with Crippen LogP contribution in [0.5, 0.6) is 5.75 Å². The number of amides is 2. The van der Waals surface area contributed by atoms with Gasteiger partial charge in [-0.05, 0) is 39.3 Å². The summed E-state index contributed by atoms with van der Waals surface area (Å²) >= 11 is 0. The van der Waals surface area contributed by atoms with Gasteiger partial charge in [-0.2, -0.15) is 0 Å². The van der Waals surface area contributed by atoms with Gasteiger partial charge in [0.05, 0.1) is 18.1 Å². The Morgan fingerprint density at radius 3 is 2.55 bits per heavy atom. The van der Waals surface area contributed by atoms with Gasteiger partial charge in [0, 0.05) is 25.7 Å². The van der Waals surface area contributed by atoms with Crippen molar-refractivity contribution in [2.24, 2.45) is 0 Å². The van der Waals surface area contributed by atoms with Crippen LogP contribution in [-0.2, 0) is 20.8 Å². The van der Waals surface area contributed by atoms with Gasteiger partial charge in [0.2, 0.25) is 0 Å². The second kappa shape index (κ2) is 9.55. The van der Waals surface area contributed by atoms with E-state index in [1.54, 1.807) is 32.6 Å². The summed E-state index contributed by atoms with van der Waals surface area (Å²) in [6.45, 7) is 8.69. The summed E-state index contributed by atoms with van der Waals surface area (Å²) in [4.78, 5) is 36.7. The number of hydrogen-bond donors (Lipinski definition) is 1. The Morgan fingerprint density at radius 2 is 1.97 bits per heavy atom. The molecule has 0 aliphatic carbocycles. The molecule has 1 aliphatic heterocycles. The van der Waals surface area contributed by atoms with Crippen molar-refractivity contribution in [1.82, 2.24) is 10.2 Å². The molecule has 10 heteroatoms. The molecule has 1 atom stereocenters. The van der Waals surface area contributed by atoms with Crippen LogP contribution in [0.1, 0.15) is 33.3 Å². The average molecular weight is 409 g/mol. The lowest BCUT2D eigenvalue weighted by molar-refractivity contribution is -0.386. The summed E-state index contributed by atoms with van der Waals surface area (Å²) in [7, 11) is 0. The van der Waals surface area contributed by atoms with Crippen LogP contribution in [0.25, 0.3) is 0 Å². The molecule has 0 spiro atoms. The fourth-order valence-corrected chi connectivity index (χ4v) is 2.68. The molecule has 1 heterocycles. The first-order valence-corrected chi connectivity index (χ1v) is 9.34. The summed E-state index contributed by atoms with van der Waals surface area (Å²) in [5.74, 6) is -0.299. The molecule has 0 bridgehead atoms. The van der Waals surface area contributed by atoms with Crippen molar-refractivity contribution < 1.29 is 28.7 Å². The smallest absolute Gasteiger partial charge is 0.407 e. The maximum Gasteiger partial charge on any atom is 0.407 e. The van der Waals surface area contributed by atoms with Crippen molar-refractivity contribution in [3.05, 3.63) is 33.9 Å². The Balaban J connectivity index is 2.08. The fraction of sp³-hybridized carbons (Fsp3) is 0.579. The summed E-state index contributed by atoms with van der Waals surface area (Å²) in [5, 5.41) is 13.9. The van der Waals surface area contributed by atoms with Crippen LogP contribution in [0.3, 0.4) is 0 Å². The highest BCUT2D eigenvalue weighted by molar-refractivity contribution is 5.81. The van der Waals surface area contributed by atoms with Gasteiger partial charge in [0.1, 0.15) is 5.60 Å². The van der Waals surface area contributed by atoms with E-state index in [2.05, 4.69) is 5.32 Å². The molecule has 1 saturated heterocycles. The van der Waals surface area contributed by atoms with E-state index in [0.29, 0.717) is 31.9 Å². The van der Waals surface area contributed by atoms with Crippen LogP contribution < -0.4 is 10.1 Å². The van der Waals surface area contributed by atoms with Crippen molar-refractivity contribution in [1.29, 1.82) is 0 Å². The molecule has 1 fully saturated rings. The lowest BCUT2D eigenvalue weighted by Crippen LogP contribution is -2.46. The molecular formula is C19H27N3O7. The Bertz CT molecular complexity index is 755. The molecule has 29 heavy (non-hydrogen) atoms. The minimum atomic E-state index is -0.902. The topological polar surface area (TPSA) is 120 Å². The quantitative estimate of drug-likeness (QED) is 0.565. The zero-order valence-electron chi connectivity index (χ0n) is 17.1. The van der Waals surface area contributed by atoms with Crippen LogP contribution in [0, 0.1) is 10.1 Å². The predicted molar refractivity (Wildman–Crippen MR) is 104 cm³/mol. The van der Waals surface area contributed by atoms with E-state index < -0.39 is 22.7 Å². The van der Waals surface area contributed by atoms with Gasteiger partial charge in [-0.1, -0.05) is 6.07 Å². The average Bonchev–Trinajstić information content (AvgIpc) is 2.65. The normalized spacial score (nSPS) is 15.4. The van der Waals surface area contributed by atoms with Crippen molar-refractivity contribution >= 4 is 17.7 Å². The number of carbonyl (C=O) groups is 2. The van der Waals surface area contributed by atoms with Gasteiger partial charge in [-0.15, -0.1) is 0 Å². The summed E-state index contributed by atoms with van der Waals surface area (Å²) in [6, 6.07) is 4.24. The van der Waals surface area contributed by atoms with Crippen LogP contribution in [-0.4, -0.2) is 59.8 Å². The van der Waals surface area contributed by atoms with Gasteiger partial charge >= 0.3 is 11.8 Å². The lowest BCUT2D eigenvalue weighted by Gasteiger charge is -2.29. The van der Waals surface area contributed by atoms with Crippen LogP contribution in [0.4, 0.5) is 10.5 Å². The molecular weight excluding hydrogens is 382 g/mol. The van der Waals surface area contributed by atoms with Gasteiger partial charge in [-0.25, -0.2) is 4.79 Å². The zero-order valence-corrected chi connectivity index (χ0v) is 17.1. The van der Waals surface area contributed by atoms with E-state index in [0.717, 1.165) is 0 Å². The molecule has 0 radical (unpaired) electrons. The third-order valence-electron chi connectivity index (χ3n) is 4.03. The number of nitrogens with zero attached hydrogens (tertiary/aromatic N) is 2. The number of alkyl carbamates (subject to hydrolysis) is 1. The first-order chi connectivity index (χ1) is 13.6. The predicted octanol–water partition coefficient (Wildman–Crippen LogP) is 2.25. The number of carbonyl (C=O) groups excluding carboxylic acids is 2. The van der Waals surface area contributed by atoms with Gasteiger partial charge in [-0.3, -0.25) is 14.9 Å². The van der Waals surface area contributed by atoms with Crippen molar-refractivity contribution in [2.75, 3.05) is 26.3 Å². The molecule has 10 nitrogen and oxygen atoms in total. The number of benzene rings is 1. The standard InChI is InChI=1S/C19H27N3O7/c1-13(17(23)21-7-9-27-10-8-21)28-16-11-14(5-6-15(16)22(25)26)12-20-18(24)29-19(2,3)4/h5-6,11,13H,7-10,12H2,1-4H3,(H,20,24)/t13-/m1/s1. The van der Waals surface area contributed by atoms with Crippen LogP contribution >= 0.6 is 0 Å². The van der Waals surface area contributed by atoms with Crippen LogP contribution in [0.15, 0.2) is 18.2 Å². The molecule has 0 saturated carbocycles. The third kappa shape index (κ3) is 6.90.